The molecule has 0 radical (unpaired) electrons. The van der Waals surface area contributed by atoms with Gasteiger partial charge in [0, 0.05) is 5.56 Å². The second kappa shape index (κ2) is 12.8. The SMILES string of the molecule is CCOC(=O)c1sc(NC(=O)[C@H](CC)OC(=O)[C@H](CC(C)C)NC(=O)c2ccccc2)nc1C. The Morgan fingerprint density at radius 3 is 2.35 bits per heavy atom. The second-order valence-corrected chi connectivity index (χ2v) is 9.00. The minimum Gasteiger partial charge on any atom is -0.462 e. The summed E-state index contributed by atoms with van der Waals surface area (Å²) < 4.78 is 10.5. The molecule has 0 saturated heterocycles. The highest BCUT2D eigenvalue weighted by atomic mass is 32.1. The van der Waals surface area contributed by atoms with E-state index < -0.39 is 35.9 Å². The van der Waals surface area contributed by atoms with Crippen molar-refractivity contribution < 1.29 is 28.7 Å². The van der Waals surface area contributed by atoms with Crippen LogP contribution in [0.1, 0.15) is 66.3 Å². The zero-order valence-electron chi connectivity index (χ0n) is 20.0. The zero-order valence-corrected chi connectivity index (χ0v) is 20.9. The van der Waals surface area contributed by atoms with Crippen LogP contribution in [0.15, 0.2) is 30.3 Å². The van der Waals surface area contributed by atoms with E-state index in [-0.39, 0.29) is 24.1 Å². The van der Waals surface area contributed by atoms with Gasteiger partial charge in [-0.25, -0.2) is 14.6 Å². The lowest BCUT2D eigenvalue weighted by atomic mass is 10.0. The Morgan fingerprint density at radius 2 is 1.76 bits per heavy atom. The van der Waals surface area contributed by atoms with E-state index in [0.29, 0.717) is 22.6 Å². The number of carbonyl (C=O) groups is 4. The largest absolute Gasteiger partial charge is 0.462 e. The maximum Gasteiger partial charge on any atom is 0.350 e. The highest BCUT2D eigenvalue weighted by Gasteiger charge is 2.29. The summed E-state index contributed by atoms with van der Waals surface area (Å²) in [5.41, 5.74) is 0.856. The van der Waals surface area contributed by atoms with Gasteiger partial charge in [-0.15, -0.1) is 0 Å². The number of hydrogen-bond acceptors (Lipinski definition) is 8. The molecule has 0 bridgehead atoms. The summed E-state index contributed by atoms with van der Waals surface area (Å²) >= 11 is 0.988. The first kappa shape index (κ1) is 27.0. The molecule has 1 aromatic heterocycles. The van der Waals surface area contributed by atoms with Crippen LogP contribution in [0.4, 0.5) is 5.13 Å². The number of nitrogens with zero attached hydrogens (tertiary/aromatic N) is 1. The van der Waals surface area contributed by atoms with Crippen LogP contribution in [0.25, 0.3) is 0 Å². The zero-order chi connectivity index (χ0) is 25.3. The van der Waals surface area contributed by atoms with Crippen LogP contribution < -0.4 is 10.6 Å². The van der Waals surface area contributed by atoms with Gasteiger partial charge in [-0.1, -0.05) is 50.3 Å². The number of anilines is 1. The van der Waals surface area contributed by atoms with Gasteiger partial charge in [-0.05, 0) is 44.7 Å². The quantitative estimate of drug-likeness (QED) is 0.461. The molecular formula is C24H31N3O6S. The molecule has 9 nitrogen and oxygen atoms in total. The second-order valence-electron chi connectivity index (χ2n) is 8.00. The van der Waals surface area contributed by atoms with Crippen molar-refractivity contribution in [1.29, 1.82) is 0 Å². The Balaban J connectivity index is 2.07. The van der Waals surface area contributed by atoms with Crippen molar-refractivity contribution in [3.05, 3.63) is 46.5 Å². The molecule has 1 heterocycles. The first-order valence-electron chi connectivity index (χ1n) is 11.2. The van der Waals surface area contributed by atoms with Gasteiger partial charge in [0.15, 0.2) is 11.2 Å². The van der Waals surface area contributed by atoms with Crippen LogP contribution in [0.2, 0.25) is 0 Å². The fraction of sp³-hybridized carbons (Fsp3) is 0.458. The summed E-state index contributed by atoms with van der Waals surface area (Å²) in [6.45, 7) is 9.11. The van der Waals surface area contributed by atoms with Gasteiger partial charge in [0.25, 0.3) is 11.8 Å². The molecule has 0 saturated carbocycles. The number of rotatable bonds is 11. The molecule has 0 aliphatic heterocycles. The summed E-state index contributed by atoms with van der Waals surface area (Å²) in [4.78, 5) is 54.7. The number of thiazole rings is 1. The molecule has 0 unspecified atom stereocenters. The number of ether oxygens (including phenoxy) is 2. The number of amides is 2. The lowest BCUT2D eigenvalue weighted by molar-refractivity contribution is -0.156. The molecule has 2 amide bonds. The first-order valence-corrected chi connectivity index (χ1v) is 12.0. The number of nitrogens with one attached hydrogen (secondary N) is 2. The standard InChI is InChI=1S/C24H31N3O6S/c1-6-18(21(29)27-24-25-15(5)19(34-24)23(31)32-7-2)33-22(30)17(13-14(3)4)26-20(28)16-11-9-8-10-12-16/h8-12,14,17-18H,6-7,13H2,1-5H3,(H,26,28)(H,25,27,29)/t17-,18-/m0/s1. The molecule has 0 aliphatic carbocycles. The fourth-order valence-corrected chi connectivity index (χ4v) is 3.95. The average Bonchev–Trinajstić information content (AvgIpc) is 3.17. The summed E-state index contributed by atoms with van der Waals surface area (Å²) in [5.74, 6) is -2.07. The normalized spacial score (nSPS) is 12.5. The maximum atomic E-state index is 12.9. The van der Waals surface area contributed by atoms with E-state index in [0.717, 1.165) is 11.3 Å². The minimum atomic E-state index is -1.09. The molecule has 0 spiro atoms. The van der Waals surface area contributed by atoms with E-state index in [9.17, 15) is 19.2 Å². The molecule has 2 atom stereocenters. The Kier molecular flexibility index (Phi) is 10.2. The van der Waals surface area contributed by atoms with E-state index in [1.54, 1.807) is 51.1 Å². The van der Waals surface area contributed by atoms with E-state index in [4.69, 9.17) is 9.47 Å². The van der Waals surface area contributed by atoms with Gasteiger partial charge in [0.2, 0.25) is 0 Å². The molecule has 2 N–H and O–H groups in total. The molecular weight excluding hydrogens is 458 g/mol. The smallest absolute Gasteiger partial charge is 0.350 e. The van der Waals surface area contributed by atoms with Crippen molar-refractivity contribution in [2.45, 2.75) is 59.6 Å². The van der Waals surface area contributed by atoms with Crippen LogP contribution in [0, 0.1) is 12.8 Å². The van der Waals surface area contributed by atoms with Crippen LogP contribution in [-0.2, 0) is 19.1 Å². The lowest BCUT2D eigenvalue weighted by Crippen LogP contribution is -2.45. The van der Waals surface area contributed by atoms with E-state index in [2.05, 4.69) is 15.6 Å². The van der Waals surface area contributed by atoms with E-state index >= 15 is 0 Å². The Hall–Kier alpha value is -3.27. The Bertz CT molecular complexity index is 1010. The predicted molar refractivity (Wildman–Crippen MR) is 129 cm³/mol. The molecule has 0 fully saturated rings. The van der Waals surface area contributed by atoms with Crippen molar-refractivity contribution in [2.24, 2.45) is 5.92 Å². The van der Waals surface area contributed by atoms with Crippen LogP contribution in [-0.4, -0.2) is 47.5 Å². The highest BCUT2D eigenvalue weighted by molar-refractivity contribution is 7.17. The van der Waals surface area contributed by atoms with Crippen LogP contribution in [0.5, 0.6) is 0 Å². The highest BCUT2D eigenvalue weighted by Crippen LogP contribution is 2.24. The van der Waals surface area contributed by atoms with Gasteiger partial charge in [-0.3, -0.25) is 14.9 Å². The van der Waals surface area contributed by atoms with Gasteiger partial charge in [-0.2, -0.15) is 0 Å². The van der Waals surface area contributed by atoms with Crippen LogP contribution in [0.3, 0.4) is 0 Å². The first-order chi connectivity index (χ1) is 16.2. The molecule has 184 valence electrons. The summed E-state index contributed by atoms with van der Waals surface area (Å²) in [7, 11) is 0. The van der Waals surface area contributed by atoms with Crippen molar-refractivity contribution in [1.82, 2.24) is 10.3 Å². The van der Waals surface area contributed by atoms with E-state index in [1.165, 1.54) is 0 Å². The Labute approximate surface area is 203 Å². The third-order valence-corrected chi connectivity index (χ3v) is 5.80. The van der Waals surface area contributed by atoms with Crippen molar-refractivity contribution in [3.8, 4) is 0 Å². The molecule has 2 aromatic rings. The molecule has 2 rings (SSSR count). The predicted octanol–water partition coefficient (Wildman–Crippen LogP) is 3.73. The number of benzene rings is 1. The molecule has 10 heteroatoms. The monoisotopic (exact) mass is 489 g/mol. The number of hydrogen-bond donors (Lipinski definition) is 2. The van der Waals surface area contributed by atoms with Gasteiger partial charge in [0.1, 0.15) is 10.9 Å². The molecule has 34 heavy (non-hydrogen) atoms. The number of carbonyl (C=O) groups excluding carboxylic acids is 4. The Morgan fingerprint density at radius 1 is 1.09 bits per heavy atom. The summed E-state index contributed by atoms with van der Waals surface area (Å²) in [5, 5.41) is 5.51. The van der Waals surface area contributed by atoms with Crippen molar-refractivity contribution >= 4 is 40.2 Å². The van der Waals surface area contributed by atoms with Gasteiger partial charge in [0.05, 0.1) is 12.3 Å². The third-order valence-electron chi connectivity index (χ3n) is 4.74. The summed E-state index contributed by atoms with van der Waals surface area (Å²) in [6.07, 6.45) is -0.524. The molecule has 0 aliphatic rings. The average molecular weight is 490 g/mol. The topological polar surface area (TPSA) is 124 Å². The van der Waals surface area contributed by atoms with Gasteiger partial charge < -0.3 is 14.8 Å². The minimum absolute atomic E-state index is 0.0992. The number of esters is 2. The number of aryl methyl sites for hydroxylation is 1. The van der Waals surface area contributed by atoms with Crippen molar-refractivity contribution in [2.75, 3.05) is 11.9 Å². The summed E-state index contributed by atoms with van der Waals surface area (Å²) in [6, 6.07) is 7.64. The lowest BCUT2D eigenvalue weighted by Gasteiger charge is -2.22. The van der Waals surface area contributed by atoms with Crippen LogP contribution >= 0.6 is 11.3 Å². The fourth-order valence-electron chi connectivity index (χ4n) is 3.08. The van der Waals surface area contributed by atoms with Gasteiger partial charge >= 0.3 is 11.9 Å². The number of aromatic nitrogens is 1. The third kappa shape index (κ3) is 7.65. The van der Waals surface area contributed by atoms with E-state index in [1.807, 2.05) is 13.8 Å². The maximum absolute atomic E-state index is 12.9. The molecule has 1 aromatic carbocycles. The van der Waals surface area contributed by atoms with Crippen molar-refractivity contribution in [3.63, 3.8) is 0 Å².